The maximum Gasteiger partial charge on any atom is 0.338 e. The number of H-pyrrole nitrogens is 1. The van der Waals surface area contributed by atoms with Gasteiger partial charge in [-0.15, -0.1) is 0 Å². The van der Waals surface area contributed by atoms with Crippen LogP contribution in [0.2, 0.25) is 0 Å². The highest BCUT2D eigenvalue weighted by atomic mass is 19.1. The average molecular weight is 264 g/mol. The summed E-state index contributed by atoms with van der Waals surface area (Å²) in [6.45, 7) is 0. The van der Waals surface area contributed by atoms with Crippen molar-refractivity contribution in [1.82, 2.24) is 10.2 Å². The average Bonchev–Trinajstić information content (AvgIpc) is 2.84. The Morgan fingerprint density at radius 3 is 2.63 bits per heavy atom. The van der Waals surface area contributed by atoms with Crippen molar-refractivity contribution in [2.45, 2.75) is 0 Å². The maximum absolute atomic E-state index is 13.1. The largest absolute Gasteiger partial charge is 0.478 e. The SMILES string of the molecule is O=C(Nc1cn[nH]c1)Nc1ccc(F)c(C(=O)O)c1. The molecule has 0 aliphatic rings. The first-order chi connectivity index (χ1) is 9.06. The number of nitrogens with zero attached hydrogens (tertiary/aromatic N) is 1. The summed E-state index contributed by atoms with van der Waals surface area (Å²) in [6.07, 6.45) is 2.86. The molecule has 0 fully saturated rings. The Kier molecular flexibility index (Phi) is 3.42. The summed E-state index contributed by atoms with van der Waals surface area (Å²) in [5.74, 6) is -2.27. The lowest BCUT2D eigenvalue weighted by atomic mass is 10.2. The fourth-order valence-electron chi connectivity index (χ4n) is 1.38. The zero-order valence-corrected chi connectivity index (χ0v) is 9.48. The molecule has 0 aliphatic heterocycles. The number of carbonyl (C=O) groups excluding carboxylic acids is 1. The van der Waals surface area contributed by atoms with Gasteiger partial charge in [0, 0.05) is 11.9 Å². The van der Waals surface area contributed by atoms with Crippen LogP contribution in [0.15, 0.2) is 30.6 Å². The quantitative estimate of drug-likeness (QED) is 0.679. The first-order valence-corrected chi connectivity index (χ1v) is 5.16. The molecule has 19 heavy (non-hydrogen) atoms. The number of halogens is 1. The molecule has 1 heterocycles. The molecule has 0 bridgehead atoms. The van der Waals surface area contributed by atoms with Gasteiger partial charge in [0.2, 0.25) is 0 Å². The fraction of sp³-hybridized carbons (Fsp3) is 0. The van der Waals surface area contributed by atoms with E-state index in [0.717, 1.165) is 12.1 Å². The number of hydrogen-bond acceptors (Lipinski definition) is 3. The Hall–Kier alpha value is -2.90. The summed E-state index contributed by atoms with van der Waals surface area (Å²) < 4.78 is 13.1. The molecule has 0 aliphatic carbocycles. The molecule has 0 spiro atoms. The number of aromatic amines is 1. The van der Waals surface area contributed by atoms with Gasteiger partial charge in [-0.3, -0.25) is 5.10 Å². The molecule has 0 saturated carbocycles. The van der Waals surface area contributed by atoms with Crippen molar-refractivity contribution in [2.75, 3.05) is 10.6 Å². The third kappa shape index (κ3) is 3.06. The van der Waals surface area contributed by atoms with Gasteiger partial charge in [-0.25, -0.2) is 14.0 Å². The molecule has 0 atom stereocenters. The van der Waals surface area contributed by atoms with E-state index in [1.165, 1.54) is 18.5 Å². The van der Waals surface area contributed by atoms with Crippen molar-refractivity contribution in [3.05, 3.63) is 42.0 Å². The lowest BCUT2D eigenvalue weighted by molar-refractivity contribution is 0.0692. The van der Waals surface area contributed by atoms with Gasteiger partial charge in [0.25, 0.3) is 0 Å². The lowest BCUT2D eigenvalue weighted by Crippen LogP contribution is -2.19. The Bertz CT molecular complexity index is 612. The summed E-state index contributed by atoms with van der Waals surface area (Å²) in [5, 5.41) is 19.7. The van der Waals surface area contributed by atoms with E-state index in [1.54, 1.807) is 0 Å². The number of benzene rings is 1. The summed E-state index contributed by atoms with van der Waals surface area (Å²) in [7, 11) is 0. The minimum Gasteiger partial charge on any atom is -0.478 e. The number of aromatic nitrogens is 2. The normalized spacial score (nSPS) is 9.95. The highest BCUT2D eigenvalue weighted by Crippen LogP contribution is 2.15. The minimum atomic E-state index is -1.41. The topological polar surface area (TPSA) is 107 Å². The Balaban J connectivity index is 2.09. The first kappa shape index (κ1) is 12.6. The van der Waals surface area contributed by atoms with Crippen LogP contribution in [-0.4, -0.2) is 27.3 Å². The van der Waals surface area contributed by atoms with Crippen LogP contribution in [0, 0.1) is 5.82 Å². The predicted octanol–water partition coefficient (Wildman–Crippen LogP) is 1.89. The highest BCUT2D eigenvalue weighted by molar-refractivity contribution is 6.00. The van der Waals surface area contributed by atoms with Crippen molar-refractivity contribution >= 4 is 23.4 Å². The van der Waals surface area contributed by atoms with Crippen LogP contribution < -0.4 is 10.6 Å². The Morgan fingerprint density at radius 2 is 2.00 bits per heavy atom. The number of amides is 2. The number of aromatic carboxylic acids is 1. The van der Waals surface area contributed by atoms with Gasteiger partial charge in [-0.2, -0.15) is 5.10 Å². The summed E-state index contributed by atoms with van der Waals surface area (Å²) in [4.78, 5) is 22.3. The second kappa shape index (κ2) is 5.17. The fourth-order valence-corrected chi connectivity index (χ4v) is 1.38. The lowest BCUT2D eigenvalue weighted by Gasteiger charge is -2.07. The van der Waals surface area contributed by atoms with Gasteiger partial charge in [0.15, 0.2) is 0 Å². The van der Waals surface area contributed by atoms with Crippen LogP contribution in [0.4, 0.5) is 20.6 Å². The second-order valence-electron chi connectivity index (χ2n) is 3.57. The molecule has 98 valence electrons. The van der Waals surface area contributed by atoms with Gasteiger partial charge >= 0.3 is 12.0 Å². The smallest absolute Gasteiger partial charge is 0.338 e. The molecule has 0 saturated heterocycles. The summed E-state index contributed by atoms with van der Waals surface area (Å²) in [6, 6.07) is 2.67. The van der Waals surface area contributed by atoms with E-state index in [9.17, 15) is 14.0 Å². The Labute approximate surface area is 106 Å². The minimum absolute atomic E-state index is 0.166. The van der Waals surface area contributed by atoms with Crippen LogP contribution in [0.5, 0.6) is 0 Å². The van der Waals surface area contributed by atoms with Crippen molar-refractivity contribution in [3.63, 3.8) is 0 Å². The molecule has 1 aromatic carbocycles. The number of urea groups is 1. The number of nitrogens with one attached hydrogen (secondary N) is 3. The highest BCUT2D eigenvalue weighted by Gasteiger charge is 2.12. The molecule has 0 radical (unpaired) electrons. The van der Waals surface area contributed by atoms with E-state index in [-0.39, 0.29) is 5.69 Å². The third-order valence-electron chi connectivity index (χ3n) is 2.21. The zero-order chi connectivity index (χ0) is 13.8. The second-order valence-corrected chi connectivity index (χ2v) is 3.57. The number of hydrogen-bond donors (Lipinski definition) is 4. The van der Waals surface area contributed by atoms with E-state index in [1.807, 2.05) is 0 Å². The molecule has 1 aromatic heterocycles. The molecule has 7 nitrogen and oxygen atoms in total. The van der Waals surface area contributed by atoms with Crippen LogP contribution in [0.25, 0.3) is 0 Å². The molecular formula is C11H9FN4O3. The number of carbonyl (C=O) groups is 2. The number of anilines is 2. The van der Waals surface area contributed by atoms with Crippen LogP contribution in [0.3, 0.4) is 0 Å². The standard InChI is InChI=1S/C11H9FN4O3/c12-9-2-1-6(3-8(9)10(17)18)15-11(19)16-7-4-13-14-5-7/h1-5H,(H,13,14)(H,17,18)(H2,15,16,19). The van der Waals surface area contributed by atoms with E-state index in [0.29, 0.717) is 5.69 Å². The molecule has 2 amide bonds. The maximum atomic E-state index is 13.1. The first-order valence-electron chi connectivity index (χ1n) is 5.16. The molecule has 0 unspecified atom stereocenters. The van der Waals surface area contributed by atoms with Gasteiger partial charge in [-0.1, -0.05) is 0 Å². The van der Waals surface area contributed by atoms with E-state index < -0.39 is 23.4 Å². The third-order valence-corrected chi connectivity index (χ3v) is 2.21. The molecule has 2 aromatic rings. The Morgan fingerprint density at radius 1 is 1.26 bits per heavy atom. The van der Waals surface area contributed by atoms with Crippen molar-refractivity contribution in [2.24, 2.45) is 0 Å². The molecular weight excluding hydrogens is 255 g/mol. The van der Waals surface area contributed by atoms with Gasteiger partial charge in [-0.05, 0) is 18.2 Å². The number of carboxylic acid groups (broad SMARTS) is 1. The zero-order valence-electron chi connectivity index (χ0n) is 9.48. The van der Waals surface area contributed by atoms with E-state index in [4.69, 9.17) is 5.11 Å². The van der Waals surface area contributed by atoms with E-state index in [2.05, 4.69) is 20.8 Å². The van der Waals surface area contributed by atoms with E-state index >= 15 is 0 Å². The monoisotopic (exact) mass is 264 g/mol. The predicted molar refractivity (Wildman–Crippen MR) is 64.6 cm³/mol. The van der Waals surface area contributed by atoms with Crippen molar-refractivity contribution < 1.29 is 19.1 Å². The van der Waals surface area contributed by atoms with Crippen LogP contribution >= 0.6 is 0 Å². The van der Waals surface area contributed by atoms with Gasteiger partial charge in [0.05, 0.1) is 17.4 Å². The summed E-state index contributed by atoms with van der Waals surface area (Å²) >= 11 is 0. The molecule has 2 rings (SSSR count). The van der Waals surface area contributed by atoms with Crippen molar-refractivity contribution in [1.29, 1.82) is 0 Å². The number of rotatable bonds is 3. The van der Waals surface area contributed by atoms with Crippen molar-refractivity contribution in [3.8, 4) is 0 Å². The van der Waals surface area contributed by atoms with Gasteiger partial charge in [0.1, 0.15) is 5.82 Å². The van der Waals surface area contributed by atoms with Crippen LogP contribution in [-0.2, 0) is 0 Å². The van der Waals surface area contributed by atoms with Gasteiger partial charge < -0.3 is 15.7 Å². The summed E-state index contributed by atoms with van der Waals surface area (Å²) in [5.41, 5.74) is 0.0963. The number of carboxylic acids is 1. The molecule has 8 heteroatoms. The molecule has 4 N–H and O–H groups in total. The van der Waals surface area contributed by atoms with Crippen LogP contribution in [0.1, 0.15) is 10.4 Å².